The number of benzene rings is 2. The van der Waals surface area contributed by atoms with Crippen LogP contribution in [-0.2, 0) is 43.0 Å². The van der Waals surface area contributed by atoms with E-state index in [1.54, 1.807) is 0 Å². The first-order valence-electron chi connectivity index (χ1n) is 20.2. The zero-order valence-electron chi connectivity index (χ0n) is 33.2. The number of H-pyrrole nitrogens is 1. The predicted molar refractivity (Wildman–Crippen MR) is 207 cm³/mol. The quantitative estimate of drug-likeness (QED) is 0.224. The summed E-state index contributed by atoms with van der Waals surface area (Å²) < 4.78 is 41.9. The molecule has 1 aromatic heterocycles. The topological polar surface area (TPSA) is 119 Å². The van der Waals surface area contributed by atoms with Crippen LogP contribution in [0.25, 0.3) is 10.9 Å². The number of aromatic nitrogens is 1. The van der Waals surface area contributed by atoms with E-state index in [-0.39, 0.29) is 18.6 Å². The Morgan fingerprint density at radius 2 is 1.89 bits per heavy atom. The second-order valence-electron chi connectivity index (χ2n) is 18.1. The summed E-state index contributed by atoms with van der Waals surface area (Å²) in [5.74, 6) is -5.11. The normalized spacial score (nSPS) is 37.3. The Balaban J connectivity index is 1.31. The maximum absolute atomic E-state index is 15.2. The molecule has 2 unspecified atom stereocenters. The van der Waals surface area contributed by atoms with Crippen LogP contribution in [0.1, 0.15) is 81.3 Å². The molecule has 0 amide bonds. The average Bonchev–Trinajstić information content (AvgIpc) is 3.82. The number of methoxy groups -OCH3 is 1. The van der Waals surface area contributed by atoms with Crippen LogP contribution >= 0.6 is 0 Å². The number of fused-ring (bicyclic) bond motifs is 6. The molecule has 3 N–H and O–H groups in total. The van der Waals surface area contributed by atoms with E-state index in [0.29, 0.717) is 64.0 Å². The maximum atomic E-state index is 15.2. The molecule has 10 atom stereocenters. The van der Waals surface area contributed by atoms with Crippen LogP contribution in [0.5, 0.6) is 0 Å². The van der Waals surface area contributed by atoms with Crippen molar-refractivity contribution in [3.05, 3.63) is 76.5 Å². The van der Waals surface area contributed by atoms with E-state index in [0.717, 1.165) is 45.9 Å². The van der Waals surface area contributed by atoms with Crippen LogP contribution in [0, 0.1) is 17.3 Å². The SMILES string of the molecule is CC[C@]12C=CCN3CC[C@@]4(c5cc([C@@]6(C)C[C@@H]7C[C@H](C(C)(F)F)CN(Cc8c6[nH]c6ccccc86)C7)c(CO)cc5N(C)C4[C@@](O)(C(=O)OC)[C@@H]1OC(C)=O)[C@@H]32. The van der Waals surface area contributed by atoms with Crippen molar-refractivity contribution >= 4 is 28.5 Å². The molecule has 10 nitrogen and oxygen atoms in total. The molecule has 2 saturated heterocycles. The van der Waals surface area contributed by atoms with Gasteiger partial charge in [-0.1, -0.05) is 43.3 Å². The third-order valence-corrected chi connectivity index (χ3v) is 15.2. The molecule has 9 rings (SSSR count). The fraction of sp³-hybridized carbons (Fsp3) is 0.591. The van der Waals surface area contributed by atoms with Gasteiger partial charge in [-0.3, -0.25) is 14.6 Å². The lowest BCUT2D eigenvalue weighted by molar-refractivity contribution is -0.228. The number of aromatic amines is 1. The molecule has 2 bridgehead atoms. The number of esters is 2. The van der Waals surface area contributed by atoms with Crippen LogP contribution in [0.2, 0.25) is 0 Å². The Bertz CT molecular complexity index is 2150. The van der Waals surface area contributed by atoms with Crippen LogP contribution in [0.15, 0.2) is 48.6 Å². The zero-order chi connectivity index (χ0) is 39.7. The molecule has 2 aromatic carbocycles. The number of hydrogen-bond donors (Lipinski definition) is 3. The molecule has 6 aliphatic rings. The molecule has 1 spiro atoms. The molecular weight excluding hydrogens is 719 g/mol. The minimum absolute atomic E-state index is 0.0423. The van der Waals surface area contributed by atoms with Crippen molar-refractivity contribution in [3.8, 4) is 0 Å². The summed E-state index contributed by atoms with van der Waals surface area (Å²) in [6.45, 7) is 9.19. The number of aliphatic hydroxyl groups is 2. The highest BCUT2D eigenvalue weighted by molar-refractivity contribution is 5.88. The molecule has 1 aliphatic carbocycles. The molecule has 3 fully saturated rings. The van der Waals surface area contributed by atoms with Crippen molar-refractivity contribution in [1.82, 2.24) is 14.8 Å². The monoisotopic (exact) mass is 772 g/mol. The summed E-state index contributed by atoms with van der Waals surface area (Å²) in [4.78, 5) is 37.5. The largest absolute Gasteiger partial charge is 0.467 e. The molecule has 56 heavy (non-hydrogen) atoms. The Morgan fingerprint density at radius 1 is 1.12 bits per heavy atom. The Hall–Kier alpha value is -3.84. The van der Waals surface area contributed by atoms with Gasteiger partial charge in [0.15, 0.2) is 6.10 Å². The lowest BCUT2D eigenvalue weighted by Crippen LogP contribution is -2.81. The van der Waals surface area contributed by atoms with Gasteiger partial charge < -0.3 is 29.6 Å². The van der Waals surface area contributed by atoms with Crippen LogP contribution in [0.4, 0.5) is 14.5 Å². The van der Waals surface area contributed by atoms with Crippen LogP contribution in [0.3, 0.4) is 0 Å². The number of halogens is 2. The highest BCUT2D eigenvalue weighted by Crippen LogP contribution is 2.68. The van der Waals surface area contributed by atoms with E-state index in [2.05, 4.69) is 52.1 Å². The number of carbonyl (C=O) groups excluding carboxylic acids is 2. The first kappa shape index (κ1) is 37.7. The van der Waals surface area contributed by atoms with Gasteiger partial charge in [0.2, 0.25) is 11.5 Å². The van der Waals surface area contributed by atoms with Gasteiger partial charge in [-0.2, -0.15) is 0 Å². The van der Waals surface area contributed by atoms with Gasteiger partial charge in [0, 0.05) is 90.6 Å². The highest BCUT2D eigenvalue weighted by atomic mass is 19.3. The molecule has 6 heterocycles. The predicted octanol–water partition coefficient (Wildman–Crippen LogP) is 5.41. The van der Waals surface area contributed by atoms with E-state index in [4.69, 9.17) is 9.47 Å². The van der Waals surface area contributed by atoms with Gasteiger partial charge in [0.1, 0.15) is 0 Å². The Labute approximate surface area is 326 Å². The van der Waals surface area contributed by atoms with Gasteiger partial charge in [-0.25, -0.2) is 13.6 Å². The van der Waals surface area contributed by atoms with E-state index in [1.807, 2.05) is 37.1 Å². The standard InChI is InChI=1S/C44H54F2N4O6/c1-7-42-13-10-15-50-16-14-43(36(42)50)32-19-31(27(24-51)18-34(32)48(5)37(43)44(54,39(53)55-6)38(42)56-25(2)52)40(3)20-26-17-28(41(4,45)46)22-49(21-26)23-30-29-11-8-9-12-33(29)47-35(30)40/h8-13,18-19,26,28,36-38,47,51,54H,7,14-17,20-24H2,1-6H3/t26-,28-,36-,37?,38+,40+,42+,43+,44-/m0/s1. The molecule has 5 aliphatic heterocycles. The summed E-state index contributed by atoms with van der Waals surface area (Å²) >= 11 is 0. The first-order valence-corrected chi connectivity index (χ1v) is 20.2. The van der Waals surface area contributed by atoms with E-state index >= 15 is 8.78 Å². The van der Waals surface area contributed by atoms with Crippen molar-refractivity contribution in [2.45, 2.75) is 107 Å². The van der Waals surface area contributed by atoms with Crippen LogP contribution < -0.4 is 4.90 Å². The number of anilines is 1. The molecule has 1 saturated carbocycles. The lowest BCUT2D eigenvalue weighted by Gasteiger charge is -2.63. The molecule has 0 radical (unpaired) electrons. The second-order valence-corrected chi connectivity index (χ2v) is 18.1. The third kappa shape index (κ3) is 4.85. The van der Waals surface area contributed by atoms with Crippen molar-refractivity contribution in [2.24, 2.45) is 17.3 Å². The van der Waals surface area contributed by atoms with Gasteiger partial charge in [0.25, 0.3) is 0 Å². The van der Waals surface area contributed by atoms with Crippen molar-refractivity contribution < 1.29 is 38.1 Å². The number of ether oxygens (including phenoxy) is 2. The summed E-state index contributed by atoms with van der Waals surface area (Å²) in [6.07, 6.45) is 4.94. The smallest absolute Gasteiger partial charge is 0.344 e. The molecule has 12 heteroatoms. The van der Waals surface area contributed by atoms with Crippen LogP contribution in [-0.4, -0.2) is 107 Å². The van der Waals surface area contributed by atoms with E-state index in [9.17, 15) is 19.8 Å². The molecule has 300 valence electrons. The maximum Gasteiger partial charge on any atom is 0.344 e. The summed E-state index contributed by atoms with van der Waals surface area (Å²) in [7, 11) is 3.12. The number of nitrogens with zero attached hydrogens (tertiary/aromatic N) is 3. The van der Waals surface area contributed by atoms with Gasteiger partial charge in [-0.05, 0) is 86.4 Å². The minimum atomic E-state index is -2.83. The van der Waals surface area contributed by atoms with Gasteiger partial charge in [0.05, 0.1) is 19.8 Å². The lowest BCUT2D eigenvalue weighted by atomic mass is 9.47. The minimum Gasteiger partial charge on any atom is -0.467 e. The Kier molecular flexibility index (Phi) is 8.47. The number of carbonyl (C=O) groups is 2. The number of aliphatic hydroxyl groups excluding tert-OH is 1. The van der Waals surface area contributed by atoms with Crippen molar-refractivity contribution in [1.29, 1.82) is 0 Å². The second kappa shape index (κ2) is 12.6. The summed E-state index contributed by atoms with van der Waals surface area (Å²) in [5, 5.41) is 25.6. The van der Waals surface area contributed by atoms with Gasteiger partial charge in [-0.15, -0.1) is 0 Å². The summed E-state index contributed by atoms with van der Waals surface area (Å²) in [5.41, 5.74) is 1.65. The average molecular weight is 773 g/mol. The van der Waals surface area contributed by atoms with Crippen molar-refractivity contribution in [3.63, 3.8) is 0 Å². The fourth-order valence-electron chi connectivity index (χ4n) is 13.2. The number of alkyl halides is 2. The molecule has 3 aromatic rings. The Morgan fingerprint density at radius 3 is 2.59 bits per heavy atom. The van der Waals surface area contributed by atoms with Crippen molar-refractivity contribution in [2.75, 3.05) is 45.2 Å². The number of para-hydroxylation sites is 1. The van der Waals surface area contributed by atoms with Gasteiger partial charge >= 0.3 is 11.9 Å². The zero-order valence-corrected chi connectivity index (χ0v) is 33.2. The first-order chi connectivity index (χ1) is 26.6. The third-order valence-electron chi connectivity index (χ3n) is 15.2. The number of hydrogen-bond acceptors (Lipinski definition) is 9. The molecular formula is C44H54F2N4O6. The van der Waals surface area contributed by atoms with E-state index in [1.165, 1.54) is 14.0 Å². The van der Waals surface area contributed by atoms with E-state index < -0.39 is 57.8 Å². The number of piperidine rings is 1. The highest BCUT2D eigenvalue weighted by Gasteiger charge is 2.80. The summed E-state index contributed by atoms with van der Waals surface area (Å²) in [6, 6.07) is 11.3. The number of likely N-dealkylation sites (N-methyl/N-ethyl adjacent to an activating group) is 1. The number of nitrogens with one attached hydrogen (secondary N) is 1. The number of rotatable bonds is 6. The fourth-order valence-corrected chi connectivity index (χ4v) is 13.2.